The molecule has 1 aromatic rings. The number of hydrogen-bond acceptors (Lipinski definition) is 3. The molecule has 0 amide bonds. The van der Waals surface area contributed by atoms with Crippen LogP contribution in [0, 0.1) is 17.6 Å². The number of rotatable bonds is 6. The van der Waals surface area contributed by atoms with Gasteiger partial charge in [-0.15, -0.1) is 0 Å². The maximum Gasteiger partial charge on any atom is 0.320 e. The van der Waals surface area contributed by atoms with Crippen LogP contribution in [0.4, 0.5) is 8.78 Å². The van der Waals surface area contributed by atoms with E-state index < -0.39 is 29.4 Å². The van der Waals surface area contributed by atoms with Gasteiger partial charge in [0.05, 0.1) is 0 Å². The molecule has 1 atom stereocenters. The van der Waals surface area contributed by atoms with E-state index in [0.29, 0.717) is 6.42 Å². The summed E-state index contributed by atoms with van der Waals surface area (Å²) in [6.07, 6.45) is 0.415. The van der Waals surface area contributed by atoms with Gasteiger partial charge in [0.15, 0.2) is 17.4 Å². The van der Waals surface area contributed by atoms with Gasteiger partial charge in [-0.05, 0) is 30.0 Å². The molecule has 1 rings (SSSR count). The lowest BCUT2D eigenvalue weighted by atomic mass is 10.0. The summed E-state index contributed by atoms with van der Waals surface area (Å²) in [5.74, 6) is -3.98. The fourth-order valence-electron chi connectivity index (χ4n) is 1.70. The second kappa shape index (κ2) is 6.47. The van der Waals surface area contributed by atoms with Crippen molar-refractivity contribution >= 4 is 5.97 Å². The van der Waals surface area contributed by atoms with E-state index >= 15 is 0 Å². The first-order valence-corrected chi connectivity index (χ1v) is 5.94. The first-order valence-electron chi connectivity index (χ1n) is 5.94. The first kappa shape index (κ1) is 15.4. The van der Waals surface area contributed by atoms with Gasteiger partial charge in [-0.25, -0.2) is 8.78 Å². The van der Waals surface area contributed by atoms with Crippen LogP contribution in [-0.2, 0) is 11.3 Å². The monoisotopic (exact) mass is 273 g/mol. The third kappa shape index (κ3) is 4.48. The van der Waals surface area contributed by atoms with Crippen molar-refractivity contribution in [3.05, 3.63) is 29.3 Å². The summed E-state index contributed by atoms with van der Waals surface area (Å²) in [6.45, 7) is 3.78. The van der Waals surface area contributed by atoms with Crippen molar-refractivity contribution < 1.29 is 23.8 Å². The summed E-state index contributed by atoms with van der Waals surface area (Å²) in [5, 5.41) is 20.7. The maximum atomic E-state index is 13.1. The van der Waals surface area contributed by atoms with E-state index in [-0.39, 0.29) is 18.0 Å². The number of benzene rings is 1. The molecule has 0 saturated carbocycles. The van der Waals surface area contributed by atoms with Crippen molar-refractivity contribution in [3.8, 4) is 5.75 Å². The minimum atomic E-state index is -1.06. The van der Waals surface area contributed by atoms with Gasteiger partial charge in [0, 0.05) is 6.54 Å². The highest BCUT2D eigenvalue weighted by Gasteiger charge is 2.18. The van der Waals surface area contributed by atoms with Crippen LogP contribution in [0.3, 0.4) is 0 Å². The Kier molecular flexibility index (Phi) is 5.23. The summed E-state index contributed by atoms with van der Waals surface area (Å²) in [4.78, 5) is 11.0. The molecule has 0 aromatic heterocycles. The molecule has 3 N–H and O–H groups in total. The van der Waals surface area contributed by atoms with Crippen molar-refractivity contribution in [1.29, 1.82) is 0 Å². The summed E-state index contributed by atoms with van der Waals surface area (Å²) < 4.78 is 26.2. The minimum absolute atomic E-state index is 0.0117. The van der Waals surface area contributed by atoms with Gasteiger partial charge >= 0.3 is 5.97 Å². The summed E-state index contributed by atoms with van der Waals surface area (Å²) in [6, 6.07) is 1.17. The van der Waals surface area contributed by atoms with Crippen molar-refractivity contribution in [1.82, 2.24) is 5.32 Å². The molecule has 0 heterocycles. The molecule has 0 spiro atoms. The average molecular weight is 273 g/mol. The Morgan fingerprint density at radius 2 is 1.84 bits per heavy atom. The SMILES string of the molecule is CC(C)CC(NCc1cc(F)c(O)c(F)c1)C(=O)O. The average Bonchev–Trinajstić information content (AvgIpc) is 2.30. The third-order valence-electron chi connectivity index (χ3n) is 2.63. The van der Waals surface area contributed by atoms with Gasteiger partial charge < -0.3 is 15.5 Å². The number of hydrogen-bond donors (Lipinski definition) is 3. The van der Waals surface area contributed by atoms with Gasteiger partial charge in [0.25, 0.3) is 0 Å². The number of aliphatic carboxylic acids is 1. The first-order chi connectivity index (χ1) is 8.81. The molecule has 1 aromatic carbocycles. The fourth-order valence-corrected chi connectivity index (χ4v) is 1.70. The molecule has 19 heavy (non-hydrogen) atoms. The standard InChI is InChI=1S/C13H17F2NO3/c1-7(2)3-11(13(18)19)16-6-8-4-9(14)12(17)10(15)5-8/h4-5,7,11,16-17H,3,6H2,1-2H3,(H,18,19). The van der Waals surface area contributed by atoms with Crippen molar-refractivity contribution in [3.63, 3.8) is 0 Å². The molecule has 0 bridgehead atoms. The smallest absolute Gasteiger partial charge is 0.320 e. The largest absolute Gasteiger partial charge is 0.503 e. The number of carbonyl (C=O) groups is 1. The van der Waals surface area contributed by atoms with Crippen LogP contribution in [-0.4, -0.2) is 22.2 Å². The molecule has 0 aliphatic heterocycles. The molecule has 0 aliphatic rings. The number of carboxylic acids is 1. The maximum absolute atomic E-state index is 13.1. The Hall–Kier alpha value is -1.69. The van der Waals surface area contributed by atoms with Crippen LogP contribution in [0.5, 0.6) is 5.75 Å². The zero-order valence-electron chi connectivity index (χ0n) is 10.8. The molecular weight excluding hydrogens is 256 g/mol. The lowest BCUT2D eigenvalue weighted by Gasteiger charge is -2.16. The molecule has 0 radical (unpaired) electrons. The highest BCUT2D eigenvalue weighted by molar-refractivity contribution is 5.73. The molecule has 6 heteroatoms. The van der Waals surface area contributed by atoms with Crippen LogP contribution in [0.1, 0.15) is 25.8 Å². The molecule has 1 unspecified atom stereocenters. The second-order valence-corrected chi connectivity index (χ2v) is 4.81. The summed E-state index contributed by atoms with van der Waals surface area (Å²) >= 11 is 0. The van der Waals surface area contributed by atoms with Gasteiger partial charge in [-0.3, -0.25) is 4.79 Å². The quantitative estimate of drug-likeness (QED) is 0.743. The Morgan fingerprint density at radius 1 is 1.32 bits per heavy atom. The van der Waals surface area contributed by atoms with E-state index in [0.717, 1.165) is 12.1 Å². The number of phenolic OH excluding ortho intramolecular Hbond substituents is 1. The molecule has 0 saturated heterocycles. The zero-order chi connectivity index (χ0) is 14.6. The number of carboxylic acid groups (broad SMARTS) is 1. The topological polar surface area (TPSA) is 69.6 Å². The van der Waals surface area contributed by atoms with E-state index in [2.05, 4.69) is 5.32 Å². The number of halogens is 2. The van der Waals surface area contributed by atoms with Crippen molar-refractivity contribution in [2.45, 2.75) is 32.9 Å². The van der Waals surface area contributed by atoms with Crippen LogP contribution < -0.4 is 5.32 Å². The van der Waals surface area contributed by atoms with Gasteiger partial charge in [-0.2, -0.15) is 0 Å². The molecule has 0 aliphatic carbocycles. The number of phenols is 1. The Labute approximate surface area is 110 Å². The van der Waals surface area contributed by atoms with Crippen LogP contribution in [0.25, 0.3) is 0 Å². The van der Waals surface area contributed by atoms with Crippen LogP contribution in [0.15, 0.2) is 12.1 Å². The van der Waals surface area contributed by atoms with Crippen molar-refractivity contribution in [2.24, 2.45) is 5.92 Å². The Morgan fingerprint density at radius 3 is 2.26 bits per heavy atom. The van der Waals surface area contributed by atoms with E-state index in [1.807, 2.05) is 13.8 Å². The molecule has 0 fully saturated rings. The molecule has 106 valence electrons. The second-order valence-electron chi connectivity index (χ2n) is 4.81. The van der Waals surface area contributed by atoms with E-state index in [1.54, 1.807) is 0 Å². The predicted molar refractivity (Wildman–Crippen MR) is 65.7 cm³/mol. The fraction of sp³-hybridized carbons (Fsp3) is 0.462. The van der Waals surface area contributed by atoms with Gasteiger partial charge in [-0.1, -0.05) is 13.8 Å². The lowest BCUT2D eigenvalue weighted by molar-refractivity contribution is -0.140. The Balaban J connectivity index is 2.72. The van der Waals surface area contributed by atoms with Crippen LogP contribution in [0.2, 0.25) is 0 Å². The van der Waals surface area contributed by atoms with Gasteiger partial charge in [0.1, 0.15) is 6.04 Å². The summed E-state index contributed by atoms with van der Waals surface area (Å²) in [7, 11) is 0. The number of aromatic hydroxyl groups is 1. The highest BCUT2D eigenvalue weighted by Crippen LogP contribution is 2.21. The summed E-state index contributed by atoms with van der Waals surface area (Å²) in [5.41, 5.74) is 0.239. The number of nitrogens with one attached hydrogen (secondary N) is 1. The predicted octanol–water partition coefficient (Wildman–Crippen LogP) is 2.26. The molecule has 4 nitrogen and oxygen atoms in total. The van der Waals surface area contributed by atoms with E-state index in [4.69, 9.17) is 10.2 Å². The zero-order valence-corrected chi connectivity index (χ0v) is 10.8. The molecular formula is C13H17F2NO3. The lowest BCUT2D eigenvalue weighted by Crippen LogP contribution is -2.37. The minimum Gasteiger partial charge on any atom is -0.503 e. The van der Waals surface area contributed by atoms with E-state index in [1.165, 1.54) is 0 Å². The Bertz CT molecular complexity index is 440. The van der Waals surface area contributed by atoms with Gasteiger partial charge in [0.2, 0.25) is 0 Å². The van der Waals surface area contributed by atoms with Crippen molar-refractivity contribution in [2.75, 3.05) is 0 Å². The normalized spacial score (nSPS) is 12.7. The highest BCUT2D eigenvalue weighted by atomic mass is 19.1. The van der Waals surface area contributed by atoms with E-state index in [9.17, 15) is 13.6 Å². The van der Waals surface area contributed by atoms with Crippen LogP contribution >= 0.6 is 0 Å². The third-order valence-corrected chi connectivity index (χ3v) is 2.63.